The summed E-state index contributed by atoms with van der Waals surface area (Å²) in [4.78, 5) is 31.3. The lowest BCUT2D eigenvalue weighted by atomic mass is 9.83. The fourth-order valence-electron chi connectivity index (χ4n) is 5.91. The molecule has 4 aromatic heterocycles. The third kappa shape index (κ3) is 4.77. The van der Waals surface area contributed by atoms with Crippen LogP contribution in [0.1, 0.15) is 58.8 Å². The van der Waals surface area contributed by atoms with E-state index in [4.69, 9.17) is 26.1 Å². The number of hydrogen-bond acceptors (Lipinski definition) is 7. The number of aromatic nitrogens is 6. The normalized spacial score (nSPS) is 22.6. The number of aromatic amines is 1. The maximum atomic E-state index is 11.7. The van der Waals surface area contributed by atoms with Gasteiger partial charge in [0.25, 0.3) is 0 Å². The first kappa shape index (κ1) is 24.2. The third-order valence-electron chi connectivity index (χ3n) is 8.00. The number of fused-ring (bicyclic) bond motifs is 1. The Hall–Kier alpha value is -3.20. The lowest BCUT2D eigenvalue weighted by Gasteiger charge is -2.35. The number of nitrogens with zero attached hydrogens (tertiary/aromatic N) is 6. The summed E-state index contributed by atoms with van der Waals surface area (Å²) in [5.74, 6) is 2.02. The van der Waals surface area contributed by atoms with Crippen LogP contribution in [0.3, 0.4) is 0 Å². The monoisotopic (exact) mass is 521 g/mol. The second kappa shape index (κ2) is 9.93. The number of H-pyrrole nitrogens is 1. The average molecular weight is 522 g/mol. The van der Waals surface area contributed by atoms with Crippen molar-refractivity contribution in [3.8, 4) is 22.8 Å². The highest BCUT2D eigenvalue weighted by atomic mass is 35.5. The van der Waals surface area contributed by atoms with E-state index >= 15 is 0 Å². The van der Waals surface area contributed by atoms with Gasteiger partial charge in [-0.3, -0.25) is 14.5 Å². The van der Waals surface area contributed by atoms with Crippen molar-refractivity contribution in [2.45, 2.75) is 71.4 Å². The largest absolute Gasteiger partial charge is 0.439 e. The molecule has 6 rings (SSSR count). The first-order valence-corrected chi connectivity index (χ1v) is 13.7. The average Bonchev–Trinajstić information content (AvgIpc) is 3.49. The highest BCUT2D eigenvalue weighted by molar-refractivity contribution is 6.30. The second-order valence-corrected chi connectivity index (χ2v) is 11.2. The minimum atomic E-state index is -0.622. The Morgan fingerprint density at radius 1 is 1.08 bits per heavy atom. The predicted molar refractivity (Wildman–Crippen MR) is 144 cm³/mol. The summed E-state index contributed by atoms with van der Waals surface area (Å²) in [6.45, 7) is 6.52. The molecule has 194 valence electrons. The molecule has 1 saturated carbocycles. The van der Waals surface area contributed by atoms with E-state index < -0.39 is 5.76 Å². The van der Waals surface area contributed by atoms with Gasteiger partial charge >= 0.3 is 5.76 Å². The molecule has 0 spiro atoms. The van der Waals surface area contributed by atoms with Gasteiger partial charge < -0.3 is 9.47 Å². The molecule has 10 heteroatoms. The van der Waals surface area contributed by atoms with E-state index in [9.17, 15) is 4.79 Å². The molecule has 4 aromatic rings. The highest BCUT2D eigenvalue weighted by Crippen LogP contribution is 2.38. The summed E-state index contributed by atoms with van der Waals surface area (Å²) in [5.41, 5.74) is 3.77. The highest BCUT2D eigenvalue weighted by Gasteiger charge is 2.29. The van der Waals surface area contributed by atoms with E-state index in [2.05, 4.69) is 38.4 Å². The molecule has 1 N–H and O–H groups in total. The van der Waals surface area contributed by atoms with Crippen LogP contribution in [0.25, 0.3) is 33.8 Å². The van der Waals surface area contributed by atoms with Crippen LogP contribution in [-0.4, -0.2) is 42.2 Å². The van der Waals surface area contributed by atoms with Crippen LogP contribution in [0, 0.1) is 11.8 Å². The number of rotatable bonds is 5. The standard InChI is InChI=1S/C27H32ClN7O2/c1-16-6-8-18(9-7-16)15-35-24-21(31-26(35)34-10-4-3-5-17(34)2)12-22(25-32-27(36)37-33-25)30-23(24)19-11-20(28)14-29-13-19/h11-14,16-18H,3-10,15H2,1-2H3,(H,32,33,36)/t16-,17-,18-/m1/s1. The van der Waals surface area contributed by atoms with E-state index in [1.165, 1.54) is 32.1 Å². The summed E-state index contributed by atoms with van der Waals surface area (Å²) in [6, 6.07) is 4.17. The number of imidazole rings is 1. The fourth-order valence-corrected chi connectivity index (χ4v) is 6.08. The Balaban J connectivity index is 1.58. The molecule has 37 heavy (non-hydrogen) atoms. The summed E-state index contributed by atoms with van der Waals surface area (Å²) in [7, 11) is 0. The van der Waals surface area contributed by atoms with E-state index in [0.717, 1.165) is 60.1 Å². The Bertz CT molecular complexity index is 1470. The van der Waals surface area contributed by atoms with Crippen molar-refractivity contribution >= 4 is 28.6 Å². The van der Waals surface area contributed by atoms with Crippen molar-refractivity contribution in [3.05, 3.63) is 40.1 Å². The number of hydrogen-bond donors (Lipinski definition) is 1. The Morgan fingerprint density at radius 2 is 1.92 bits per heavy atom. The van der Waals surface area contributed by atoms with Crippen molar-refractivity contribution in [3.63, 3.8) is 0 Å². The molecule has 9 nitrogen and oxygen atoms in total. The molecule has 0 unspecified atom stereocenters. The fraction of sp³-hybridized carbons (Fsp3) is 0.519. The number of halogens is 1. The lowest BCUT2D eigenvalue weighted by Crippen LogP contribution is -2.39. The zero-order chi connectivity index (χ0) is 25.5. The molecular weight excluding hydrogens is 490 g/mol. The molecule has 2 fully saturated rings. The van der Waals surface area contributed by atoms with Crippen molar-refractivity contribution in [1.82, 2.24) is 29.7 Å². The minimum Gasteiger partial charge on any atom is -0.340 e. The van der Waals surface area contributed by atoms with Crippen LogP contribution in [0.2, 0.25) is 5.02 Å². The first-order valence-electron chi connectivity index (χ1n) is 13.3. The van der Waals surface area contributed by atoms with Crippen molar-refractivity contribution < 1.29 is 4.52 Å². The smallest absolute Gasteiger partial charge is 0.340 e. The zero-order valence-corrected chi connectivity index (χ0v) is 22.0. The summed E-state index contributed by atoms with van der Waals surface area (Å²) in [6.07, 6.45) is 11.9. The molecule has 2 aliphatic rings. The molecule has 0 bridgehead atoms. The molecular formula is C27H32ClN7O2. The van der Waals surface area contributed by atoms with Crippen molar-refractivity contribution in [2.24, 2.45) is 11.8 Å². The number of pyridine rings is 2. The van der Waals surface area contributed by atoms with E-state index in [1.54, 1.807) is 12.4 Å². The van der Waals surface area contributed by atoms with Gasteiger partial charge in [0.05, 0.1) is 21.7 Å². The minimum absolute atomic E-state index is 0.270. The maximum Gasteiger partial charge on any atom is 0.439 e. The topological polar surface area (TPSA) is 106 Å². The number of anilines is 1. The summed E-state index contributed by atoms with van der Waals surface area (Å²) in [5, 5.41) is 4.42. The predicted octanol–water partition coefficient (Wildman–Crippen LogP) is 5.70. The zero-order valence-electron chi connectivity index (χ0n) is 21.3. The van der Waals surface area contributed by atoms with Crippen LogP contribution in [0.5, 0.6) is 0 Å². The van der Waals surface area contributed by atoms with Crippen LogP contribution in [-0.2, 0) is 6.54 Å². The van der Waals surface area contributed by atoms with Gasteiger partial charge in [-0.15, -0.1) is 0 Å². The van der Waals surface area contributed by atoms with Gasteiger partial charge in [0.1, 0.15) is 5.69 Å². The van der Waals surface area contributed by atoms with Crippen molar-refractivity contribution in [2.75, 3.05) is 11.4 Å². The summed E-state index contributed by atoms with van der Waals surface area (Å²) >= 11 is 6.37. The molecule has 0 aromatic carbocycles. The quantitative estimate of drug-likeness (QED) is 0.359. The molecule has 1 atom stereocenters. The van der Waals surface area contributed by atoms with Crippen LogP contribution < -0.4 is 10.7 Å². The molecule has 1 aliphatic heterocycles. The molecule has 1 saturated heterocycles. The van der Waals surface area contributed by atoms with E-state index in [0.29, 0.717) is 22.7 Å². The number of nitrogens with one attached hydrogen (secondary N) is 1. The van der Waals surface area contributed by atoms with Gasteiger partial charge in [-0.1, -0.05) is 36.5 Å². The molecule has 1 aliphatic carbocycles. The maximum absolute atomic E-state index is 11.7. The van der Waals surface area contributed by atoms with Gasteiger partial charge in [-0.2, -0.15) is 0 Å². The van der Waals surface area contributed by atoms with E-state index in [1.807, 2.05) is 12.1 Å². The van der Waals surface area contributed by atoms with Gasteiger partial charge in [0, 0.05) is 37.1 Å². The van der Waals surface area contributed by atoms with Gasteiger partial charge in [0.15, 0.2) is 0 Å². The van der Waals surface area contributed by atoms with Gasteiger partial charge in [0.2, 0.25) is 11.8 Å². The second-order valence-electron chi connectivity index (χ2n) is 10.7. The van der Waals surface area contributed by atoms with Crippen LogP contribution >= 0.6 is 11.6 Å². The Labute approximate surface area is 220 Å². The number of piperidine rings is 1. The van der Waals surface area contributed by atoms with Gasteiger partial charge in [-0.05, 0) is 63.0 Å². The third-order valence-corrected chi connectivity index (χ3v) is 8.21. The molecule has 0 radical (unpaired) electrons. The Kier molecular flexibility index (Phi) is 6.48. The SMILES string of the molecule is C[C@@H]1CCCCN1c1nc2cc(-c3noc(=O)[nH]3)nc(-c3cncc(Cl)c3)c2n1C[C@H]1CC[C@H](C)CC1. The van der Waals surface area contributed by atoms with Crippen molar-refractivity contribution in [1.29, 1.82) is 0 Å². The molecule has 5 heterocycles. The van der Waals surface area contributed by atoms with E-state index in [-0.39, 0.29) is 5.82 Å². The first-order chi connectivity index (χ1) is 18.0. The van der Waals surface area contributed by atoms with Crippen LogP contribution in [0.4, 0.5) is 5.95 Å². The lowest BCUT2D eigenvalue weighted by molar-refractivity contribution is 0.266. The van der Waals surface area contributed by atoms with Gasteiger partial charge in [-0.25, -0.2) is 14.8 Å². The van der Waals surface area contributed by atoms with Crippen LogP contribution in [0.15, 0.2) is 33.8 Å². The molecule has 0 amide bonds. The Morgan fingerprint density at radius 3 is 2.65 bits per heavy atom. The summed E-state index contributed by atoms with van der Waals surface area (Å²) < 4.78 is 7.16.